The van der Waals surface area contributed by atoms with E-state index < -0.39 is 12.1 Å². The van der Waals surface area contributed by atoms with Gasteiger partial charge in [0.2, 0.25) is 0 Å². The van der Waals surface area contributed by atoms with E-state index in [1.165, 1.54) is 12.7 Å². The first-order chi connectivity index (χ1) is 25.5. The average molecular weight is 693 g/mol. The minimum atomic E-state index is -0.841. The Kier molecular flexibility index (Phi) is 12.3. The lowest BCUT2D eigenvalue weighted by atomic mass is 10.0. The number of ether oxygens (including phenoxy) is 3. The molecule has 0 bridgehead atoms. The first-order valence-corrected chi connectivity index (χ1v) is 17.4. The van der Waals surface area contributed by atoms with Gasteiger partial charge < -0.3 is 24.6 Å². The molecule has 0 fully saturated rings. The minimum Gasteiger partial charge on any atom is -0.496 e. The normalized spacial score (nSPS) is 11.5. The Morgan fingerprint density at radius 2 is 1.33 bits per heavy atom. The quantitative estimate of drug-likeness (QED) is 0.0980. The van der Waals surface area contributed by atoms with Crippen LogP contribution in [-0.4, -0.2) is 43.3 Å². The highest BCUT2D eigenvalue weighted by Gasteiger charge is 2.20. The molecule has 6 rings (SSSR count). The average Bonchev–Trinajstić information content (AvgIpc) is 3.20. The van der Waals surface area contributed by atoms with Crippen LogP contribution in [0.1, 0.15) is 38.7 Å². The Balaban J connectivity index is 1.13. The maximum atomic E-state index is 12.8. The van der Waals surface area contributed by atoms with Crippen LogP contribution in [-0.2, 0) is 24.3 Å². The Hall–Kier alpha value is -5.89. The van der Waals surface area contributed by atoms with E-state index in [1.807, 2.05) is 84.9 Å². The number of carbonyl (C=O) groups excluding carboxylic acids is 1. The predicted octanol–water partition coefficient (Wildman–Crippen LogP) is 9.25. The molecule has 0 saturated carbocycles. The summed E-state index contributed by atoms with van der Waals surface area (Å²) in [6.45, 7) is 2.08. The molecule has 0 radical (unpaired) electrons. The summed E-state index contributed by atoms with van der Waals surface area (Å²) >= 11 is 0. The van der Waals surface area contributed by atoms with Crippen molar-refractivity contribution in [2.45, 2.75) is 25.7 Å². The molecule has 0 unspecified atom stereocenters. The van der Waals surface area contributed by atoms with Crippen molar-refractivity contribution in [3.63, 3.8) is 0 Å². The summed E-state index contributed by atoms with van der Waals surface area (Å²) in [7, 11) is 3.04. The second kappa shape index (κ2) is 17.9. The highest BCUT2D eigenvalue weighted by Crippen LogP contribution is 2.33. The van der Waals surface area contributed by atoms with Crippen molar-refractivity contribution in [3.8, 4) is 22.6 Å². The lowest BCUT2D eigenvalue weighted by molar-refractivity contribution is 0.0594. The monoisotopic (exact) mass is 692 g/mol. The van der Waals surface area contributed by atoms with E-state index in [0.29, 0.717) is 31.0 Å². The summed E-state index contributed by atoms with van der Waals surface area (Å²) in [5.41, 5.74) is 8.31. The van der Waals surface area contributed by atoms with Crippen LogP contribution in [0, 0.1) is 0 Å². The smallest absolute Gasteiger partial charge is 0.341 e. The fraction of sp³-hybridized carbons (Fsp3) is 0.178. The number of carbonyl (C=O) groups is 1. The van der Waals surface area contributed by atoms with E-state index in [2.05, 4.69) is 64.8 Å². The highest BCUT2D eigenvalue weighted by molar-refractivity contribution is 5.92. The Morgan fingerprint density at radius 1 is 0.692 bits per heavy atom. The second-order valence-electron chi connectivity index (χ2n) is 12.6. The third kappa shape index (κ3) is 9.66. The molecule has 2 N–H and O–H groups in total. The molecule has 0 amide bonds. The Morgan fingerprint density at radius 3 is 2.00 bits per heavy atom. The van der Waals surface area contributed by atoms with E-state index in [0.717, 1.165) is 52.3 Å². The van der Waals surface area contributed by atoms with Crippen molar-refractivity contribution in [2.75, 3.05) is 32.6 Å². The lowest BCUT2D eigenvalue weighted by Gasteiger charge is -2.26. The molecule has 0 aliphatic rings. The molecule has 6 aromatic rings. The van der Waals surface area contributed by atoms with Crippen LogP contribution in [0.5, 0.6) is 11.5 Å². The molecule has 0 spiro atoms. The van der Waals surface area contributed by atoms with Gasteiger partial charge in [0.15, 0.2) is 0 Å². The fourth-order valence-corrected chi connectivity index (χ4v) is 6.15. The number of aliphatic hydroxyl groups is 1. The van der Waals surface area contributed by atoms with Gasteiger partial charge in [-0.1, -0.05) is 109 Å². The van der Waals surface area contributed by atoms with Crippen LogP contribution >= 0.6 is 0 Å². The second-order valence-corrected chi connectivity index (χ2v) is 12.6. The first-order valence-electron chi connectivity index (χ1n) is 17.4. The number of rotatable bonds is 16. The summed E-state index contributed by atoms with van der Waals surface area (Å²) in [6.07, 6.45) is -0.0487. The number of hydrogen-bond acceptors (Lipinski definition) is 7. The standard InChI is InChI=1S/C45H44N2O5/c1-50-43-25-23-39(29-40(43)36-16-10-5-11-17-36)46-38-21-18-33(19-22-38)26-27-47(30-34-12-6-3-7-13-34)31-42(48)37-20-24-44(41(28-37)45(49)51-2)52-32-35-14-8-4-9-15-35/h3-25,28-29,42,46,48H,26-27,30-32H2,1-2H3/t42-/m0/s1. The molecule has 264 valence electrons. The number of methoxy groups -OCH3 is 2. The largest absolute Gasteiger partial charge is 0.496 e. The van der Waals surface area contributed by atoms with Crippen LogP contribution in [0.2, 0.25) is 0 Å². The molecule has 52 heavy (non-hydrogen) atoms. The van der Waals surface area contributed by atoms with E-state index >= 15 is 0 Å². The lowest BCUT2D eigenvalue weighted by Crippen LogP contribution is -2.30. The van der Waals surface area contributed by atoms with Crippen molar-refractivity contribution >= 4 is 17.3 Å². The van der Waals surface area contributed by atoms with Crippen LogP contribution in [0.3, 0.4) is 0 Å². The third-order valence-corrected chi connectivity index (χ3v) is 8.95. The molecule has 0 aliphatic carbocycles. The van der Waals surface area contributed by atoms with E-state index in [4.69, 9.17) is 14.2 Å². The summed E-state index contributed by atoms with van der Waals surface area (Å²) in [4.78, 5) is 15.0. The van der Waals surface area contributed by atoms with Crippen LogP contribution in [0.25, 0.3) is 11.1 Å². The zero-order valence-electron chi connectivity index (χ0n) is 29.6. The molecule has 7 heteroatoms. The van der Waals surface area contributed by atoms with Crippen molar-refractivity contribution in [3.05, 3.63) is 179 Å². The van der Waals surface area contributed by atoms with Gasteiger partial charge in [0, 0.05) is 36.6 Å². The van der Waals surface area contributed by atoms with E-state index in [1.54, 1.807) is 19.2 Å². The molecular formula is C45H44N2O5. The molecule has 0 aliphatic heterocycles. The van der Waals surface area contributed by atoms with Crippen molar-refractivity contribution in [2.24, 2.45) is 0 Å². The van der Waals surface area contributed by atoms with Gasteiger partial charge in [-0.25, -0.2) is 4.79 Å². The van der Waals surface area contributed by atoms with Gasteiger partial charge in [-0.2, -0.15) is 0 Å². The molecular weight excluding hydrogens is 649 g/mol. The van der Waals surface area contributed by atoms with Gasteiger partial charge in [0.1, 0.15) is 23.7 Å². The van der Waals surface area contributed by atoms with Gasteiger partial charge in [0.25, 0.3) is 0 Å². The maximum Gasteiger partial charge on any atom is 0.341 e. The molecule has 1 atom stereocenters. The van der Waals surface area contributed by atoms with Crippen molar-refractivity contribution < 1.29 is 24.1 Å². The number of aliphatic hydroxyl groups excluding tert-OH is 1. The summed E-state index contributed by atoms with van der Waals surface area (Å²) in [5.74, 6) is 0.722. The molecule has 7 nitrogen and oxygen atoms in total. The predicted molar refractivity (Wildman–Crippen MR) is 207 cm³/mol. The maximum absolute atomic E-state index is 12.8. The van der Waals surface area contributed by atoms with Gasteiger partial charge in [-0.3, -0.25) is 4.90 Å². The number of nitrogens with zero attached hydrogens (tertiary/aromatic N) is 1. The number of hydrogen-bond donors (Lipinski definition) is 2. The van der Waals surface area contributed by atoms with Crippen molar-refractivity contribution in [1.29, 1.82) is 0 Å². The Bertz CT molecular complexity index is 2020. The van der Waals surface area contributed by atoms with Crippen LogP contribution in [0.4, 0.5) is 11.4 Å². The van der Waals surface area contributed by atoms with Gasteiger partial charge in [-0.05, 0) is 76.7 Å². The first kappa shape index (κ1) is 35.9. The SMILES string of the molecule is COC(=O)c1cc([C@@H](O)CN(CCc2ccc(Nc3ccc(OC)c(-c4ccccc4)c3)cc2)Cc2ccccc2)ccc1OCc1ccccc1. The van der Waals surface area contributed by atoms with Crippen LogP contribution < -0.4 is 14.8 Å². The fourth-order valence-electron chi connectivity index (χ4n) is 6.15. The third-order valence-electron chi connectivity index (χ3n) is 8.95. The molecule has 6 aromatic carbocycles. The summed E-state index contributed by atoms with van der Waals surface area (Å²) in [5, 5.41) is 15.0. The van der Waals surface area contributed by atoms with E-state index in [9.17, 15) is 9.90 Å². The van der Waals surface area contributed by atoms with Gasteiger partial charge in [0.05, 0.1) is 20.3 Å². The number of nitrogens with one attached hydrogen (secondary N) is 1. The molecule has 0 aromatic heterocycles. The number of benzene rings is 6. The van der Waals surface area contributed by atoms with E-state index in [-0.39, 0.29) is 5.56 Å². The number of esters is 1. The van der Waals surface area contributed by atoms with Gasteiger partial charge >= 0.3 is 5.97 Å². The Labute approximate surface area is 306 Å². The number of anilines is 2. The zero-order valence-corrected chi connectivity index (χ0v) is 29.6. The molecule has 0 heterocycles. The topological polar surface area (TPSA) is 80.3 Å². The van der Waals surface area contributed by atoms with Gasteiger partial charge in [-0.15, -0.1) is 0 Å². The zero-order chi connectivity index (χ0) is 36.1. The summed E-state index contributed by atoms with van der Waals surface area (Å²) in [6, 6.07) is 50.0. The molecule has 0 saturated heterocycles. The minimum absolute atomic E-state index is 0.282. The van der Waals surface area contributed by atoms with Crippen LogP contribution in [0.15, 0.2) is 152 Å². The highest BCUT2D eigenvalue weighted by atomic mass is 16.5. The van der Waals surface area contributed by atoms with Crippen molar-refractivity contribution in [1.82, 2.24) is 4.90 Å². The summed E-state index contributed by atoms with van der Waals surface area (Å²) < 4.78 is 16.7.